The molecule has 2 aromatic rings. The minimum atomic E-state index is -3.71. The zero-order valence-corrected chi connectivity index (χ0v) is 18.0. The number of amides is 1. The van der Waals surface area contributed by atoms with E-state index in [-0.39, 0.29) is 24.0 Å². The molecular formula is C19H25ClN4O4S. The van der Waals surface area contributed by atoms with Crippen LogP contribution in [0, 0.1) is 5.92 Å². The molecule has 0 unspecified atom stereocenters. The average molecular weight is 441 g/mol. The molecule has 1 aliphatic rings. The second-order valence-corrected chi connectivity index (χ2v) is 9.30. The summed E-state index contributed by atoms with van der Waals surface area (Å²) in [6.07, 6.45) is 4.17. The highest BCUT2D eigenvalue weighted by Crippen LogP contribution is 2.25. The Morgan fingerprint density at radius 3 is 2.90 bits per heavy atom. The van der Waals surface area contributed by atoms with E-state index in [1.54, 1.807) is 23.7 Å². The van der Waals surface area contributed by atoms with Crippen LogP contribution in [0.5, 0.6) is 5.75 Å². The smallest absolute Gasteiger partial charge is 0.262 e. The molecule has 1 fully saturated rings. The van der Waals surface area contributed by atoms with Gasteiger partial charge in [-0.25, -0.2) is 13.4 Å². The maximum atomic E-state index is 12.8. The largest absolute Gasteiger partial charge is 0.493 e. The summed E-state index contributed by atoms with van der Waals surface area (Å²) in [5.74, 6) is 0.0386. The van der Waals surface area contributed by atoms with Gasteiger partial charge < -0.3 is 14.6 Å². The molecule has 0 saturated carbocycles. The molecule has 158 valence electrons. The van der Waals surface area contributed by atoms with Gasteiger partial charge in [-0.15, -0.1) is 0 Å². The highest BCUT2D eigenvalue weighted by atomic mass is 35.5. The lowest BCUT2D eigenvalue weighted by molar-refractivity contribution is -0.126. The molecule has 1 N–H and O–H groups in total. The van der Waals surface area contributed by atoms with Gasteiger partial charge in [-0.05, 0) is 31.9 Å². The summed E-state index contributed by atoms with van der Waals surface area (Å²) in [5, 5.41) is 3.46. The van der Waals surface area contributed by atoms with Crippen molar-refractivity contribution in [3.05, 3.63) is 41.3 Å². The summed E-state index contributed by atoms with van der Waals surface area (Å²) in [4.78, 5) is 16.7. The van der Waals surface area contributed by atoms with Crippen LogP contribution in [0.15, 0.2) is 35.7 Å². The summed E-state index contributed by atoms with van der Waals surface area (Å²) in [6.45, 7) is 3.18. The van der Waals surface area contributed by atoms with Crippen molar-refractivity contribution in [2.75, 3.05) is 19.7 Å². The molecule has 0 spiro atoms. The number of carbonyl (C=O) groups excluding carboxylic acids is 1. The molecule has 1 aromatic carbocycles. The molecule has 1 amide bonds. The molecule has 0 aliphatic carbocycles. The first kappa shape index (κ1) is 21.6. The number of benzene rings is 1. The van der Waals surface area contributed by atoms with Crippen molar-refractivity contribution in [3.8, 4) is 5.75 Å². The van der Waals surface area contributed by atoms with E-state index in [9.17, 15) is 13.2 Å². The van der Waals surface area contributed by atoms with Gasteiger partial charge in [-0.1, -0.05) is 17.7 Å². The highest BCUT2D eigenvalue weighted by molar-refractivity contribution is 7.89. The fourth-order valence-electron chi connectivity index (χ4n) is 3.32. The quantitative estimate of drug-likeness (QED) is 0.712. The Morgan fingerprint density at radius 2 is 2.21 bits per heavy atom. The Bertz CT molecular complexity index is 976. The molecule has 10 heteroatoms. The standard InChI is InChI=1S/C19H25ClN4O4S/c1-3-28-17-9-16(20)7-6-14(17)10-21-19(25)15-5-4-8-24(11-15)29(26,27)18-12-23(2)13-22-18/h6-7,9,12-13,15H,3-5,8,10-11H2,1-2H3,(H,21,25)/t15-/m1/s1. The van der Waals surface area contributed by atoms with E-state index in [2.05, 4.69) is 10.3 Å². The number of hydrogen-bond acceptors (Lipinski definition) is 5. The first-order valence-corrected chi connectivity index (χ1v) is 11.3. The van der Waals surface area contributed by atoms with Crippen molar-refractivity contribution in [1.82, 2.24) is 19.2 Å². The molecule has 1 atom stereocenters. The Kier molecular flexibility index (Phi) is 6.81. The molecule has 1 aromatic heterocycles. The van der Waals surface area contributed by atoms with Crippen molar-refractivity contribution in [1.29, 1.82) is 0 Å². The van der Waals surface area contributed by atoms with Crippen molar-refractivity contribution < 1.29 is 17.9 Å². The Morgan fingerprint density at radius 1 is 1.41 bits per heavy atom. The number of aryl methyl sites for hydroxylation is 1. The summed E-state index contributed by atoms with van der Waals surface area (Å²) < 4.78 is 34.1. The maximum Gasteiger partial charge on any atom is 0.262 e. The number of carbonyl (C=O) groups is 1. The maximum absolute atomic E-state index is 12.8. The number of nitrogens with zero attached hydrogens (tertiary/aromatic N) is 3. The van der Waals surface area contributed by atoms with Crippen LogP contribution in [-0.2, 0) is 28.4 Å². The molecule has 29 heavy (non-hydrogen) atoms. The number of nitrogens with one attached hydrogen (secondary N) is 1. The number of imidazole rings is 1. The SMILES string of the molecule is CCOc1cc(Cl)ccc1CNC(=O)[C@@H]1CCCN(S(=O)(=O)c2cn(C)cn2)C1. The van der Waals surface area contributed by atoms with Crippen LogP contribution in [-0.4, -0.2) is 47.9 Å². The summed E-state index contributed by atoms with van der Waals surface area (Å²) >= 11 is 6.01. The number of rotatable bonds is 7. The molecule has 2 heterocycles. The Labute approximate surface area is 175 Å². The van der Waals surface area contributed by atoms with E-state index >= 15 is 0 Å². The number of piperidine rings is 1. The summed E-state index contributed by atoms with van der Waals surface area (Å²) in [7, 11) is -1.99. The summed E-state index contributed by atoms with van der Waals surface area (Å²) in [6, 6.07) is 5.27. The molecule has 3 rings (SSSR count). The molecule has 8 nitrogen and oxygen atoms in total. The first-order valence-electron chi connectivity index (χ1n) is 9.48. The van der Waals surface area contributed by atoms with E-state index in [4.69, 9.17) is 16.3 Å². The van der Waals surface area contributed by atoms with Crippen LogP contribution in [0.4, 0.5) is 0 Å². The van der Waals surface area contributed by atoms with E-state index in [0.717, 1.165) is 5.56 Å². The topological polar surface area (TPSA) is 93.5 Å². The van der Waals surface area contributed by atoms with Crippen LogP contribution in [0.2, 0.25) is 5.02 Å². The number of aromatic nitrogens is 2. The van der Waals surface area contributed by atoms with E-state index in [0.29, 0.717) is 36.8 Å². The lowest BCUT2D eigenvalue weighted by atomic mass is 9.98. The van der Waals surface area contributed by atoms with E-state index in [1.807, 2.05) is 13.0 Å². The van der Waals surface area contributed by atoms with E-state index < -0.39 is 15.9 Å². The number of halogens is 1. The van der Waals surface area contributed by atoms with Crippen LogP contribution in [0.25, 0.3) is 0 Å². The van der Waals surface area contributed by atoms with Gasteiger partial charge >= 0.3 is 0 Å². The van der Waals surface area contributed by atoms with E-state index in [1.165, 1.54) is 16.8 Å². The number of hydrogen-bond donors (Lipinski definition) is 1. The van der Waals surface area contributed by atoms with Crippen molar-refractivity contribution in [2.24, 2.45) is 13.0 Å². The fraction of sp³-hybridized carbons (Fsp3) is 0.474. The van der Waals surface area contributed by atoms with Crippen LogP contribution in [0.1, 0.15) is 25.3 Å². The van der Waals surface area contributed by atoms with Crippen LogP contribution >= 0.6 is 11.6 Å². The minimum Gasteiger partial charge on any atom is -0.493 e. The average Bonchev–Trinajstić information content (AvgIpc) is 3.15. The fourth-order valence-corrected chi connectivity index (χ4v) is 4.97. The molecular weight excluding hydrogens is 416 g/mol. The second-order valence-electron chi connectivity index (χ2n) is 6.98. The monoisotopic (exact) mass is 440 g/mol. The predicted molar refractivity (Wildman–Crippen MR) is 109 cm³/mol. The van der Waals surface area contributed by atoms with Gasteiger partial charge in [0.15, 0.2) is 5.03 Å². The minimum absolute atomic E-state index is 0.00331. The summed E-state index contributed by atoms with van der Waals surface area (Å²) in [5.41, 5.74) is 0.818. The van der Waals surface area contributed by atoms with Crippen molar-refractivity contribution in [2.45, 2.75) is 31.3 Å². The van der Waals surface area contributed by atoms with Gasteiger partial charge in [-0.2, -0.15) is 4.31 Å². The van der Waals surface area contributed by atoms with Gasteiger partial charge in [0, 0.05) is 43.5 Å². The molecule has 0 bridgehead atoms. The first-order chi connectivity index (χ1) is 13.8. The van der Waals surface area contributed by atoms with Gasteiger partial charge in [0.2, 0.25) is 5.91 Å². The number of ether oxygens (including phenoxy) is 1. The molecule has 0 radical (unpaired) electrons. The normalized spacial score (nSPS) is 17.8. The lowest BCUT2D eigenvalue weighted by Gasteiger charge is -2.30. The molecule has 1 saturated heterocycles. The van der Waals surface area contributed by atoms with Gasteiger partial charge in [0.25, 0.3) is 10.0 Å². The third-order valence-electron chi connectivity index (χ3n) is 4.82. The van der Waals surface area contributed by atoms with Gasteiger partial charge in [-0.3, -0.25) is 4.79 Å². The third-order valence-corrected chi connectivity index (χ3v) is 6.81. The highest BCUT2D eigenvalue weighted by Gasteiger charge is 2.34. The zero-order chi connectivity index (χ0) is 21.0. The Balaban J connectivity index is 1.65. The van der Waals surface area contributed by atoms with Gasteiger partial charge in [0.1, 0.15) is 5.75 Å². The van der Waals surface area contributed by atoms with Crippen molar-refractivity contribution in [3.63, 3.8) is 0 Å². The molecule has 1 aliphatic heterocycles. The van der Waals surface area contributed by atoms with Crippen molar-refractivity contribution >= 4 is 27.5 Å². The Hall–Kier alpha value is -2.10. The zero-order valence-electron chi connectivity index (χ0n) is 16.5. The van der Waals surface area contributed by atoms with Crippen LogP contribution in [0.3, 0.4) is 0 Å². The second kappa shape index (κ2) is 9.15. The lowest BCUT2D eigenvalue weighted by Crippen LogP contribution is -2.45. The van der Waals surface area contributed by atoms with Gasteiger partial charge in [0.05, 0.1) is 18.9 Å². The predicted octanol–water partition coefficient (Wildman–Crippen LogP) is 2.19. The third kappa shape index (κ3) is 5.09. The van der Waals surface area contributed by atoms with Crippen LogP contribution < -0.4 is 10.1 Å². The number of sulfonamides is 1.